The Labute approximate surface area is 117 Å². The van der Waals surface area contributed by atoms with Crippen molar-refractivity contribution in [2.75, 3.05) is 19.8 Å². The highest BCUT2D eigenvalue weighted by Gasteiger charge is 2.32. The summed E-state index contributed by atoms with van der Waals surface area (Å²) in [6.07, 6.45) is 2.20. The SMILES string of the molecule is B[C@H]1C[C@@H](CNOC[C@H]2O[C@@H](B)C[C@H]2C)[C@@H](CO)O1. The van der Waals surface area contributed by atoms with Gasteiger partial charge in [-0.15, -0.1) is 0 Å². The van der Waals surface area contributed by atoms with Gasteiger partial charge in [-0.1, -0.05) is 6.92 Å². The Bertz CT molecular complexity index is 284. The van der Waals surface area contributed by atoms with E-state index >= 15 is 0 Å². The van der Waals surface area contributed by atoms with Crippen LogP contribution in [0.4, 0.5) is 0 Å². The van der Waals surface area contributed by atoms with Crippen LogP contribution < -0.4 is 5.48 Å². The van der Waals surface area contributed by atoms with E-state index in [0.29, 0.717) is 31.0 Å². The average molecular weight is 269 g/mol. The van der Waals surface area contributed by atoms with Crippen molar-refractivity contribution in [2.24, 2.45) is 11.8 Å². The molecule has 0 aliphatic carbocycles. The molecule has 0 aromatic rings. The summed E-state index contributed by atoms with van der Waals surface area (Å²) in [5.41, 5.74) is 3.00. The molecule has 2 fully saturated rings. The first kappa shape index (κ1) is 15.3. The van der Waals surface area contributed by atoms with E-state index in [-0.39, 0.29) is 24.8 Å². The van der Waals surface area contributed by atoms with Gasteiger partial charge in [0.25, 0.3) is 0 Å². The van der Waals surface area contributed by atoms with Crippen LogP contribution in [0.5, 0.6) is 0 Å². The molecule has 2 N–H and O–H groups in total. The van der Waals surface area contributed by atoms with Crippen molar-refractivity contribution in [3.05, 3.63) is 0 Å². The molecule has 0 aromatic carbocycles. The van der Waals surface area contributed by atoms with Crippen LogP contribution >= 0.6 is 0 Å². The number of hydrogen-bond acceptors (Lipinski definition) is 5. The first-order valence-electron chi connectivity index (χ1n) is 7.36. The third kappa shape index (κ3) is 4.20. The fraction of sp³-hybridized carbons (Fsp3) is 1.00. The lowest BCUT2D eigenvalue weighted by Gasteiger charge is -2.19. The predicted octanol–water partition coefficient (Wildman–Crippen LogP) is -1.75. The van der Waals surface area contributed by atoms with Crippen molar-refractivity contribution in [3.8, 4) is 0 Å². The van der Waals surface area contributed by atoms with Crippen molar-refractivity contribution < 1.29 is 19.4 Å². The number of hydroxylamine groups is 1. The van der Waals surface area contributed by atoms with Gasteiger partial charge in [0, 0.05) is 24.5 Å². The third-order valence-corrected chi connectivity index (χ3v) is 4.19. The molecule has 2 saturated heterocycles. The Morgan fingerprint density at radius 2 is 1.89 bits per heavy atom. The summed E-state index contributed by atoms with van der Waals surface area (Å²) >= 11 is 0. The molecule has 5 nitrogen and oxygen atoms in total. The maximum absolute atomic E-state index is 9.23. The zero-order valence-corrected chi connectivity index (χ0v) is 12.2. The van der Waals surface area contributed by atoms with Crippen LogP contribution in [0.15, 0.2) is 0 Å². The first-order valence-corrected chi connectivity index (χ1v) is 7.36. The Morgan fingerprint density at radius 1 is 1.21 bits per heavy atom. The number of aliphatic hydroxyl groups is 1. The lowest BCUT2D eigenvalue weighted by atomic mass is 9.91. The van der Waals surface area contributed by atoms with Gasteiger partial charge in [-0.2, -0.15) is 0 Å². The van der Waals surface area contributed by atoms with Gasteiger partial charge in [-0.25, -0.2) is 5.48 Å². The highest BCUT2D eigenvalue weighted by molar-refractivity contribution is 6.11. The van der Waals surface area contributed by atoms with Gasteiger partial charge in [0.1, 0.15) is 15.7 Å². The minimum Gasteiger partial charge on any atom is -0.394 e. The summed E-state index contributed by atoms with van der Waals surface area (Å²) in [5, 5.41) is 9.23. The molecule has 0 radical (unpaired) electrons. The zero-order chi connectivity index (χ0) is 13.8. The van der Waals surface area contributed by atoms with E-state index < -0.39 is 0 Å². The molecule has 108 valence electrons. The lowest BCUT2D eigenvalue weighted by Crippen LogP contribution is -2.33. The van der Waals surface area contributed by atoms with E-state index in [1.165, 1.54) is 0 Å². The number of hydrogen-bond donors (Lipinski definition) is 2. The Kier molecular flexibility index (Phi) is 5.71. The van der Waals surface area contributed by atoms with E-state index in [0.717, 1.165) is 12.8 Å². The minimum atomic E-state index is -0.0622. The van der Waals surface area contributed by atoms with E-state index in [4.69, 9.17) is 14.3 Å². The molecule has 19 heavy (non-hydrogen) atoms. The molecule has 0 bridgehead atoms. The number of rotatable bonds is 6. The topological polar surface area (TPSA) is 60.0 Å². The minimum absolute atomic E-state index is 0.0622. The van der Waals surface area contributed by atoms with Gasteiger partial charge in [0.15, 0.2) is 0 Å². The van der Waals surface area contributed by atoms with Crippen molar-refractivity contribution in [2.45, 2.75) is 44.0 Å². The summed E-state index contributed by atoms with van der Waals surface area (Å²) in [4.78, 5) is 5.51. The Hall–Kier alpha value is -0.0701. The van der Waals surface area contributed by atoms with Crippen LogP contribution in [-0.2, 0) is 14.3 Å². The predicted molar refractivity (Wildman–Crippen MR) is 77.3 cm³/mol. The molecule has 0 aromatic heterocycles. The monoisotopic (exact) mass is 269 g/mol. The normalized spacial score (nSPS) is 42.8. The third-order valence-electron chi connectivity index (χ3n) is 4.19. The maximum atomic E-state index is 9.23. The average Bonchev–Trinajstić information content (AvgIpc) is 2.87. The van der Waals surface area contributed by atoms with Gasteiger partial charge in [0.05, 0.1) is 25.4 Å². The van der Waals surface area contributed by atoms with Crippen molar-refractivity contribution in [3.63, 3.8) is 0 Å². The number of aliphatic hydroxyl groups excluding tert-OH is 1. The molecule has 2 heterocycles. The summed E-state index contributed by atoms with van der Waals surface area (Å²) < 4.78 is 11.4. The van der Waals surface area contributed by atoms with Crippen molar-refractivity contribution >= 4 is 15.7 Å². The Balaban J connectivity index is 1.61. The lowest BCUT2D eigenvalue weighted by molar-refractivity contribution is -0.0528. The van der Waals surface area contributed by atoms with Crippen LogP contribution in [0.2, 0.25) is 0 Å². The van der Waals surface area contributed by atoms with Crippen LogP contribution in [0.1, 0.15) is 19.8 Å². The molecule has 2 rings (SSSR count). The van der Waals surface area contributed by atoms with E-state index in [1.807, 2.05) is 7.85 Å². The molecule has 0 amide bonds. The fourth-order valence-corrected chi connectivity index (χ4v) is 3.12. The van der Waals surface area contributed by atoms with Crippen molar-refractivity contribution in [1.29, 1.82) is 0 Å². The van der Waals surface area contributed by atoms with Crippen LogP contribution in [0, 0.1) is 11.8 Å². The van der Waals surface area contributed by atoms with Crippen LogP contribution in [0.3, 0.4) is 0 Å². The summed E-state index contributed by atoms with van der Waals surface area (Å²) in [6, 6.07) is 0.564. The fourth-order valence-electron chi connectivity index (χ4n) is 3.12. The Morgan fingerprint density at radius 3 is 2.53 bits per heavy atom. The number of ether oxygens (including phenoxy) is 2. The van der Waals surface area contributed by atoms with E-state index in [9.17, 15) is 5.11 Å². The summed E-state index contributed by atoms with van der Waals surface area (Å²) in [7, 11) is 4.14. The molecule has 0 unspecified atom stereocenters. The van der Waals surface area contributed by atoms with E-state index in [1.54, 1.807) is 0 Å². The van der Waals surface area contributed by atoms with Gasteiger partial charge in [-0.05, 0) is 18.8 Å². The van der Waals surface area contributed by atoms with Gasteiger partial charge in [0.2, 0.25) is 0 Å². The van der Waals surface area contributed by atoms with Gasteiger partial charge in [-0.3, -0.25) is 4.84 Å². The second kappa shape index (κ2) is 7.09. The van der Waals surface area contributed by atoms with Gasteiger partial charge < -0.3 is 14.6 Å². The second-order valence-corrected chi connectivity index (χ2v) is 6.02. The quantitative estimate of drug-likeness (QED) is 0.340. The highest BCUT2D eigenvalue weighted by Crippen LogP contribution is 2.25. The second-order valence-electron chi connectivity index (χ2n) is 6.02. The molecule has 0 saturated carbocycles. The maximum Gasteiger partial charge on any atom is 0.139 e. The van der Waals surface area contributed by atoms with Crippen molar-refractivity contribution in [1.82, 2.24) is 5.48 Å². The molecular formula is C12H25B2NO4. The molecule has 0 spiro atoms. The van der Waals surface area contributed by atoms with Gasteiger partial charge >= 0.3 is 0 Å². The molecule has 2 aliphatic rings. The molecule has 6 atom stereocenters. The molecule has 7 heteroatoms. The standard InChI is InChI=1S/C12H25B2NO4/c1-7-2-11(13)19-10(7)6-17-15-4-8-3-12(14)18-9(8)5-16/h7-12,15-16H,2-6,13-14H2,1H3/t7-,8+,9-,10-,11-,12-/m1/s1. The highest BCUT2D eigenvalue weighted by atomic mass is 16.7. The summed E-state index contributed by atoms with van der Waals surface area (Å²) in [5.74, 6) is 0.873. The molecular weight excluding hydrogens is 244 g/mol. The summed E-state index contributed by atoms with van der Waals surface area (Å²) in [6.45, 7) is 3.58. The van der Waals surface area contributed by atoms with Crippen LogP contribution in [-0.4, -0.2) is 64.8 Å². The smallest absolute Gasteiger partial charge is 0.139 e. The largest absolute Gasteiger partial charge is 0.394 e. The van der Waals surface area contributed by atoms with Crippen LogP contribution in [0.25, 0.3) is 0 Å². The number of nitrogens with one attached hydrogen (secondary N) is 1. The van der Waals surface area contributed by atoms with E-state index in [2.05, 4.69) is 20.3 Å². The molecule has 2 aliphatic heterocycles. The zero-order valence-electron chi connectivity index (χ0n) is 12.2. The first-order chi connectivity index (χ1) is 9.10.